The Bertz CT molecular complexity index is 1260. The van der Waals surface area contributed by atoms with Crippen LogP contribution in [0.5, 0.6) is 5.75 Å². The van der Waals surface area contributed by atoms with Crippen molar-refractivity contribution in [3.05, 3.63) is 71.8 Å². The average Bonchev–Trinajstić information content (AvgIpc) is 3.15. The second-order valence-electron chi connectivity index (χ2n) is 7.21. The van der Waals surface area contributed by atoms with Crippen molar-refractivity contribution in [1.29, 1.82) is 0 Å². The summed E-state index contributed by atoms with van der Waals surface area (Å²) in [4.78, 5) is 26.0. The number of carbonyl (C=O) groups excluding carboxylic acids is 2. The highest BCUT2D eigenvalue weighted by atomic mass is 16.5. The summed E-state index contributed by atoms with van der Waals surface area (Å²) >= 11 is 0. The van der Waals surface area contributed by atoms with Crippen LogP contribution in [0.4, 0.5) is 10.5 Å². The highest BCUT2D eigenvalue weighted by Gasteiger charge is 2.16. The van der Waals surface area contributed by atoms with E-state index in [1.54, 1.807) is 44.3 Å². The van der Waals surface area contributed by atoms with Crippen LogP contribution in [0.1, 0.15) is 15.9 Å². The lowest BCUT2D eigenvalue weighted by molar-refractivity contribution is 0.0963. The van der Waals surface area contributed by atoms with E-state index in [1.165, 1.54) is 0 Å². The van der Waals surface area contributed by atoms with Crippen LogP contribution in [-0.4, -0.2) is 38.0 Å². The van der Waals surface area contributed by atoms with Crippen molar-refractivity contribution in [2.45, 2.75) is 6.54 Å². The fourth-order valence-corrected chi connectivity index (χ4v) is 3.48. The van der Waals surface area contributed by atoms with Crippen LogP contribution in [-0.2, 0) is 6.54 Å². The molecule has 0 saturated heterocycles. The zero-order valence-corrected chi connectivity index (χ0v) is 17.6. The monoisotopic (exact) mass is 417 g/mol. The molecule has 0 spiro atoms. The lowest BCUT2D eigenvalue weighted by Crippen LogP contribution is -2.31. The van der Waals surface area contributed by atoms with Crippen molar-refractivity contribution >= 4 is 39.6 Å². The van der Waals surface area contributed by atoms with Gasteiger partial charge in [0.1, 0.15) is 16.9 Å². The first-order chi connectivity index (χ1) is 15.0. The van der Waals surface area contributed by atoms with Gasteiger partial charge in [-0.2, -0.15) is 0 Å². The Labute approximate surface area is 179 Å². The Hall–Kier alpha value is -4.00. The number of carbonyl (C=O) groups is 2. The number of para-hydroxylation sites is 1. The third kappa shape index (κ3) is 4.02. The Morgan fingerprint density at radius 3 is 2.45 bits per heavy atom. The van der Waals surface area contributed by atoms with E-state index in [0.29, 0.717) is 29.1 Å². The van der Waals surface area contributed by atoms with Gasteiger partial charge in [0.2, 0.25) is 0 Å². The van der Waals surface area contributed by atoms with E-state index in [2.05, 4.69) is 10.6 Å². The Balaban J connectivity index is 1.53. The van der Waals surface area contributed by atoms with Gasteiger partial charge in [-0.15, -0.1) is 0 Å². The van der Waals surface area contributed by atoms with Crippen molar-refractivity contribution in [1.82, 2.24) is 10.2 Å². The SMILES string of the molecule is CNC(=O)c1ccc(CN(C)C(=O)Nc2cc3oc4ccccc4c3cc2OC)cc1. The van der Waals surface area contributed by atoms with Gasteiger partial charge in [-0.05, 0) is 29.8 Å². The fraction of sp³-hybridized carbons (Fsp3) is 0.167. The maximum atomic E-state index is 12.8. The van der Waals surface area contributed by atoms with Gasteiger partial charge < -0.3 is 24.7 Å². The normalized spacial score (nSPS) is 10.8. The van der Waals surface area contributed by atoms with E-state index in [0.717, 1.165) is 21.9 Å². The summed E-state index contributed by atoms with van der Waals surface area (Å²) in [5, 5.41) is 7.40. The molecule has 0 atom stereocenters. The number of nitrogens with zero attached hydrogens (tertiary/aromatic N) is 1. The maximum absolute atomic E-state index is 12.8. The van der Waals surface area contributed by atoms with E-state index >= 15 is 0 Å². The predicted molar refractivity (Wildman–Crippen MR) is 121 cm³/mol. The first kappa shape index (κ1) is 20.3. The molecule has 0 aliphatic carbocycles. The summed E-state index contributed by atoms with van der Waals surface area (Å²) < 4.78 is 11.4. The molecule has 0 aliphatic heterocycles. The van der Waals surface area contributed by atoms with Gasteiger partial charge in [0.05, 0.1) is 12.8 Å². The van der Waals surface area contributed by atoms with Gasteiger partial charge in [0.15, 0.2) is 0 Å². The van der Waals surface area contributed by atoms with Crippen molar-refractivity contribution in [3.8, 4) is 5.75 Å². The molecule has 7 nitrogen and oxygen atoms in total. The number of ether oxygens (including phenoxy) is 1. The summed E-state index contributed by atoms with van der Waals surface area (Å²) in [5.41, 5.74) is 3.46. The third-order valence-electron chi connectivity index (χ3n) is 5.15. The molecule has 0 fully saturated rings. The van der Waals surface area contributed by atoms with Crippen LogP contribution in [0.25, 0.3) is 21.9 Å². The molecular formula is C24H23N3O4. The number of hydrogen-bond donors (Lipinski definition) is 2. The second-order valence-corrected chi connectivity index (χ2v) is 7.21. The first-order valence-corrected chi connectivity index (χ1v) is 9.82. The van der Waals surface area contributed by atoms with Crippen LogP contribution >= 0.6 is 0 Å². The van der Waals surface area contributed by atoms with Crippen LogP contribution in [0.15, 0.2) is 65.1 Å². The minimum Gasteiger partial charge on any atom is -0.495 e. The van der Waals surface area contributed by atoms with Crippen LogP contribution in [0.2, 0.25) is 0 Å². The van der Waals surface area contributed by atoms with Crippen LogP contribution in [0, 0.1) is 0 Å². The number of anilines is 1. The van der Waals surface area contributed by atoms with Gasteiger partial charge in [0.25, 0.3) is 5.91 Å². The van der Waals surface area contributed by atoms with E-state index in [1.807, 2.05) is 42.5 Å². The number of methoxy groups -OCH3 is 1. The first-order valence-electron chi connectivity index (χ1n) is 9.82. The molecule has 158 valence electrons. The molecule has 0 bridgehead atoms. The highest BCUT2D eigenvalue weighted by molar-refractivity contribution is 6.07. The van der Waals surface area contributed by atoms with Crippen LogP contribution in [0.3, 0.4) is 0 Å². The van der Waals surface area contributed by atoms with Gasteiger partial charge in [-0.25, -0.2) is 4.79 Å². The smallest absolute Gasteiger partial charge is 0.321 e. The molecule has 7 heteroatoms. The largest absolute Gasteiger partial charge is 0.495 e. The Morgan fingerprint density at radius 1 is 1.00 bits per heavy atom. The van der Waals surface area contributed by atoms with E-state index in [-0.39, 0.29) is 11.9 Å². The molecular weight excluding hydrogens is 394 g/mol. The number of urea groups is 1. The van der Waals surface area contributed by atoms with E-state index < -0.39 is 0 Å². The number of rotatable bonds is 5. The highest BCUT2D eigenvalue weighted by Crippen LogP contribution is 2.36. The molecule has 1 aromatic heterocycles. The summed E-state index contributed by atoms with van der Waals surface area (Å²) in [7, 11) is 4.86. The molecule has 3 amide bonds. The van der Waals surface area contributed by atoms with E-state index in [4.69, 9.17) is 9.15 Å². The standard InChI is InChI=1S/C24H23N3O4/c1-25-23(28)16-10-8-15(9-11-16)14-27(2)24(29)26-19-13-21-18(12-22(19)30-3)17-6-4-5-7-20(17)31-21/h4-13H,14H2,1-3H3,(H,25,28)(H,26,29). The number of hydrogen-bond acceptors (Lipinski definition) is 4. The fourth-order valence-electron chi connectivity index (χ4n) is 3.48. The Kier molecular flexibility index (Phi) is 5.49. The Morgan fingerprint density at radius 2 is 1.74 bits per heavy atom. The zero-order valence-electron chi connectivity index (χ0n) is 17.6. The van der Waals surface area contributed by atoms with Gasteiger partial charge >= 0.3 is 6.03 Å². The molecule has 2 N–H and O–H groups in total. The summed E-state index contributed by atoms with van der Waals surface area (Å²) in [5.74, 6) is 0.404. The summed E-state index contributed by atoms with van der Waals surface area (Å²) in [6, 6.07) is 18.2. The molecule has 3 aromatic carbocycles. The minimum atomic E-state index is -0.288. The molecule has 0 radical (unpaired) electrons. The van der Waals surface area contributed by atoms with Gasteiger partial charge in [-0.1, -0.05) is 30.3 Å². The van der Waals surface area contributed by atoms with Gasteiger partial charge in [-0.3, -0.25) is 4.79 Å². The number of fused-ring (bicyclic) bond motifs is 3. The molecule has 0 saturated carbocycles. The maximum Gasteiger partial charge on any atom is 0.321 e. The van der Waals surface area contributed by atoms with Crippen molar-refractivity contribution < 1.29 is 18.7 Å². The molecule has 4 aromatic rings. The molecule has 0 unspecified atom stereocenters. The molecule has 1 heterocycles. The summed E-state index contributed by atoms with van der Waals surface area (Å²) in [6.45, 7) is 0.384. The molecule has 4 rings (SSSR count). The van der Waals surface area contributed by atoms with Crippen LogP contribution < -0.4 is 15.4 Å². The number of furan rings is 1. The predicted octanol–water partition coefficient (Wildman–Crippen LogP) is 4.62. The van der Waals surface area contributed by atoms with Gasteiger partial charge in [0, 0.05) is 43.0 Å². The number of nitrogens with one attached hydrogen (secondary N) is 2. The topological polar surface area (TPSA) is 83.8 Å². The molecule has 0 aliphatic rings. The lowest BCUT2D eigenvalue weighted by atomic mass is 10.1. The number of benzene rings is 3. The zero-order chi connectivity index (χ0) is 22.0. The quantitative estimate of drug-likeness (QED) is 0.496. The average molecular weight is 417 g/mol. The number of amides is 3. The lowest BCUT2D eigenvalue weighted by Gasteiger charge is -2.19. The summed E-state index contributed by atoms with van der Waals surface area (Å²) in [6.07, 6.45) is 0. The second kappa shape index (κ2) is 8.39. The third-order valence-corrected chi connectivity index (χ3v) is 5.15. The van der Waals surface area contributed by atoms with E-state index in [9.17, 15) is 9.59 Å². The van der Waals surface area contributed by atoms with Crippen molar-refractivity contribution in [3.63, 3.8) is 0 Å². The molecule has 31 heavy (non-hydrogen) atoms. The van der Waals surface area contributed by atoms with Crippen molar-refractivity contribution in [2.24, 2.45) is 0 Å². The van der Waals surface area contributed by atoms with Crippen molar-refractivity contribution in [2.75, 3.05) is 26.5 Å². The minimum absolute atomic E-state index is 0.147.